The van der Waals surface area contributed by atoms with Gasteiger partial charge in [-0.1, -0.05) is 26.2 Å². The minimum atomic E-state index is -0.502. The van der Waals surface area contributed by atoms with E-state index >= 15 is 0 Å². The molecule has 1 aromatic carbocycles. The number of primary amides is 1. The molecule has 1 aromatic rings. The zero-order chi connectivity index (χ0) is 25.2. The van der Waals surface area contributed by atoms with Crippen molar-refractivity contribution in [1.29, 1.82) is 0 Å². The fourth-order valence-corrected chi connectivity index (χ4v) is 6.85. The van der Waals surface area contributed by atoms with Crippen LogP contribution >= 0.6 is 0 Å². The first-order chi connectivity index (χ1) is 17.5. The standard InChI is InChI=1S/C28H40N4O4/c1-2-11-30-13-15-31(16-14-30)20-8-9-21(27(29)34)22(17-20)25(19-6-4-3-5-7-19)28(35)32-12-10-24-26(32)23(33)18-36-24/h8-9,17,19,24-26H,2-7,10-16,18H2,1H3,(H2,29,34)/t24-,25+,26-/m1/s1. The Morgan fingerprint density at radius 2 is 1.81 bits per heavy atom. The van der Waals surface area contributed by atoms with Gasteiger partial charge in [-0.05, 0) is 61.9 Å². The lowest BCUT2D eigenvalue weighted by atomic mass is 9.74. The second kappa shape index (κ2) is 10.9. The highest BCUT2D eigenvalue weighted by molar-refractivity contribution is 5.99. The molecule has 5 rings (SSSR count). The fraction of sp³-hybridized carbons (Fsp3) is 0.679. The van der Waals surface area contributed by atoms with Crippen LogP contribution in [0.15, 0.2) is 18.2 Å². The fourth-order valence-electron chi connectivity index (χ4n) is 6.85. The number of hydrogen-bond donors (Lipinski definition) is 1. The average molecular weight is 497 g/mol. The second-order valence-electron chi connectivity index (χ2n) is 10.9. The lowest BCUT2D eigenvalue weighted by Crippen LogP contribution is -2.47. The number of nitrogens with two attached hydrogens (primary N) is 1. The number of ether oxygens (including phenoxy) is 1. The molecular weight excluding hydrogens is 456 g/mol. The molecule has 0 radical (unpaired) electrons. The van der Waals surface area contributed by atoms with Gasteiger partial charge in [0.05, 0.1) is 12.0 Å². The van der Waals surface area contributed by atoms with Gasteiger partial charge in [-0.15, -0.1) is 0 Å². The van der Waals surface area contributed by atoms with E-state index in [4.69, 9.17) is 10.5 Å². The van der Waals surface area contributed by atoms with E-state index in [0.29, 0.717) is 18.5 Å². The van der Waals surface area contributed by atoms with E-state index < -0.39 is 17.9 Å². The van der Waals surface area contributed by atoms with Gasteiger partial charge in [0, 0.05) is 44.0 Å². The summed E-state index contributed by atoms with van der Waals surface area (Å²) in [6, 6.07) is 5.34. The Morgan fingerprint density at radius 1 is 1.06 bits per heavy atom. The predicted octanol–water partition coefficient (Wildman–Crippen LogP) is 2.55. The smallest absolute Gasteiger partial charge is 0.249 e. The van der Waals surface area contributed by atoms with Crippen molar-refractivity contribution in [1.82, 2.24) is 9.80 Å². The van der Waals surface area contributed by atoms with E-state index in [2.05, 4.69) is 16.7 Å². The Kier molecular flexibility index (Phi) is 7.62. The summed E-state index contributed by atoms with van der Waals surface area (Å²) in [5.74, 6) is -0.890. The highest BCUT2D eigenvalue weighted by Crippen LogP contribution is 2.42. The molecule has 4 aliphatic rings. The highest BCUT2D eigenvalue weighted by Gasteiger charge is 2.49. The normalized spacial score (nSPS) is 26.3. The third kappa shape index (κ3) is 4.90. The average Bonchev–Trinajstić information content (AvgIpc) is 3.48. The minimum Gasteiger partial charge on any atom is -0.369 e. The molecule has 2 amide bonds. The Balaban J connectivity index is 1.49. The van der Waals surface area contributed by atoms with Crippen LogP contribution in [0, 0.1) is 5.92 Å². The Morgan fingerprint density at radius 3 is 2.50 bits per heavy atom. The summed E-state index contributed by atoms with van der Waals surface area (Å²) in [4.78, 5) is 46.0. The van der Waals surface area contributed by atoms with Gasteiger partial charge in [-0.3, -0.25) is 19.3 Å². The van der Waals surface area contributed by atoms with Crippen LogP contribution in [0.4, 0.5) is 5.69 Å². The molecule has 8 heteroatoms. The second-order valence-corrected chi connectivity index (χ2v) is 10.9. The number of rotatable bonds is 7. The number of nitrogens with zero attached hydrogens (tertiary/aromatic N) is 3. The summed E-state index contributed by atoms with van der Waals surface area (Å²) in [6.45, 7) is 7.76. The SMILES string of the molecule is CCCN1CCN(c2ccc(C(N)=O)c([C@@H](C(=O)N3CC[C@H]4OCC(=O)[C@H]43)C3CCCCC3)c2)CC1. The van der Waals surface area contributed by atoms with E-state index in [1.807, 2.05) is 18.2 Å². The van der Waals surface area contributed by atoms with Gasteiger partial charge >= 0.3 is 0 Å². The van der Waals surface area contributed by atoms with Crippen molar-refractivity contribution in [2.75, 3.05) is 50.8 Å². The van der Waals surface area contributed by atoms with Gasteiger partial charge < -0.3 is 20.3 Å². The lowest BCUT2D eigenvalue weighted by Gasteiger charge is -2.37. The Labute approximate surface area is 214 Å². The minimum absolute atomic E-state index is 0.0120. The number of piperazine rings is 1. The molecule has 0 spiro atoms. The molecule has 3 atom stereocenters. The lowest BCUT2D eigenvalue weighted by molar-refractivity contribution is -0.139. The van der Waals surface area contributed by atoms with Crippen molar-refractivity contribution in [3.8, 4) is 0 Å². The van der Waals surface area contributed by atoms with Gasteiger partial charge in [0.2, 0.25) is 11.8 Å². The maximum atomic E-state index is 14.3. The molecule has 1 saturated carbocycles. The van der Waals surface area contributed by atoms with E-state index in [1.54, 1.807) is 4.90 Å². The van der Waals surface area contributed by atoms with Crippen LogP contribution in [-0.4, -0.2) is 85.4 Å². The molecule has 36 heavy (non-hydrogen) atoms. The van der Waals surface area contributed by atoms with Crippen LogP contribution in [-0.2, 0) is 14.3 Å². The number of amides is 2. The van der Waals surface area contributed by atoms with E-state index in [0.717, 1.165) is 76.1 Å². The van der Waals surface area contributed by atoms with Gasteiger partial charge in [0.15, 0.2) is 5.78 Å². The highest BCUT2D eigenvalue weighted by atomic mass is 16.5. The van der Waals surface area contributed by atoms with E-state index in [-0.39, 0.29) is 30.3 Å². The molecule has 196 valence electrons. The number of hydrogen-bond acceptors (Lipinski definition) is 6. The molecule has 3 heterocycles. The van der Waals surface area contributed by atoms with Crippen molar-refractivity contribution in [3.05, 3.63) is 29.3 Å². The van der Waals surface area contributed by atoms with E-state index in [9.17, 15) is 14.4 Å². The van der Waals surface area contributed by atoms with Gasteiger partial charge in [-0.25, -0.2) is 0 Å². The topological polar surface area (TPSA) is 96.2 Å². The number of carbonyl (C=O) groups is 3. The van der Waals surface area contributed by atoms with Crippen molar-refractivity contribution in [3.63, 3.8) is 0 Å². The first kappa shape index (κ1) is 25.2. The molecule has 2 N–H and O–H groups in total. The number of benzene rings is 1. The van der Waals surface area contributed by atoms with Crippen molar-refractivity contribution < 1.29 is 19.1 Å². The molecule has 0 aromatic heterocycles. The molecule has 0 bridgehead atoms. The monoisotopic (exact) mass is 496 g/mol. The zero-order valence-corrected chi connectivity index (χ0v) is 21.5. The van der Waals surface area contributed by atoms with Crippen molar-refractivity contribution in [2.45, 2.75) is 69.9 Å². The molecule has 1 aliphatic carbocycles. The predicted molar refractivity (Wildman–Crippen MR) is 138 cm³/mol. The van der Waals surface area contributed by atoms with Crippen molar-refractivity contribution in [2.24, 2.45) is 11.7 Å². The van der Waals surface area contributed by atoms with Crippen LogP contribution in [0.2, 0.25) is 0 Å². The quantitative estimate of drug-likeness (QED) is 0.623. The number of carbonyl (C=O) groups excluding carboxylic acids is 3. The summed E-state index contributed by atoms with van der Waals surface area (Å²) in [5, 5.41) is 0. The zero-order valence-electron chi connectivity index (χ0n) is 21.5. The molecule has 3 saturated heterocycles. The molecule has 4 fully saturated rings. The number of fused-ring (bicyclic) bond motifs is 1. The molecule has 3 aliphatic heterocycles. The summed E-state index contributed by atoms with van der Waals surface area (Å²) in [7, 11) is 0. The summed E-state index contributed by atoms with van der Waals surface area (Å²) in [6.07, 6.45) is 6.85. The van der Waals surface area contributed by atoms with Crippen LogP contribution < -0.4 is 10.6 Å². The first-order valence-electron chi connectivity index (χ1n) is 13.8. The number of anilines is 1. The third-order valence-electron chi connectivity index (χ3n) is 8.70. The number of likely N-dealkylation sites (tertiary alicyclic amines) is 1. The summed E-state index contributed by atoms with van der Waals surface area (Å²) < 4.78 is 5.66. The summed E-state index contributed by atoms with van der Waals surface area (Å²) >= 11 is 0. The van der Waals surface area contributed by atoms with Gasteiger partial charge in [0.1, 0.15) is 12.6 Å². The van der Waals surface area contributed by atoms with Crippen LogP contribution in [0.3, 0.4) is 0 Å². The maximum Gasteiger partial charge on any atom is 0.249 e. The van der Waals surface area contributed by atoms with Crippen molar-refractivity contribution >= 4 is 23.3 Å². The molecule has 8 nitrogen and oxygen atoms in total. The Bertz CT molecular complexity index is 984. The van der Waals surface area contributed by atoms with Crippen LogP contribution in [0.5, 0.6) is 0 Å². The van der Waals surface area contributed by atoms with Gasteiger partial charge in [-0.2, -0.15) is 0 Å². The maximum absolute atomic E-state index is 14.3. The molecule has 0 unspecified atom stereocenters. The largest absolute Gasteiger partial charge is 0.369 e. The van der Waals surface area contributed by atoms with Gasteiger partial charge in [0.25, 0.3) is 0 Å². The summed E-state index contributed by atoms with van der Waals surface area (Å²) in [5.41, 5.74) is 8.07. The Hall–Kier alpha value is -2.45. The van der Waals surface area contributed by atoms with Crippen LogP contribution in [0.1, 0.15) is 73.7 Å². The number of ketones is 1. The molecular formula is C28H40N4O4. The first-order valence-corrected chi connectivity index (χ1v) is 13.8. The van der Waals surface area contributed by atoms with E-state index in [1.165, 1.54) is 6.42 Å². The number of Topliss-reactive ketones (excluding diaryl/α,β-unsaturated/α-hetero) is 1. The van der Waals surface area contributed by atoms with Crippen LogP contribution in [0.25, 0.3) is 0 Å². The third-order valence-corrected chi connectivity index (χ3v) is 8.70.